The number of nitrogens with zero attached hydrogens (tertiary/aromatic N) is 1. The van der Waals surface area contributed by atoms with Gasteiger partial charge in [-0.05, 0) is 28.7 Å². The van der Waals surface area contributed by atoms with Gasteiger partial charge in [0.2, 0.25) is 0 Å². The highest BCUT2D eigenvalue weighted by atomic mass is 32.2. The molecule has 2 aromatic rings. The summed E-state index contributed by atoms with van der Waals surface area (Å²) in [6, 6.07) is 12.6. The van der Waals surface area contributed by atoms with Gasteiger partial charge in [-0.2, -0.15) is 13.2 Å². The smallest absolute Gasteiger partial charge is 0.308 e. The van der Waals surface area contributed by atoms with Crippen molar-refractivity contribution in [3.63, 3.8) is 0 Å². The van der Waals surface area contributed by atoms with Crippen LogP contribution in [-0.2, 0) is 11.6 Å². The average molecular weight is 408 g/mol. The van der Waals surface area contributed by atoms with Crippen LogP contribution >= 0.6 is 11.8 Å². The van der Waals surface area contributed by atoms with Gasteiger partial charge in [0.15, 0.2) is 0 Å². The fraction of sp³-hybridized carbons (Fsp3) is 0.381. The number of halogens is 3. The Bertz CT molecular complexity index is 844. The summed E-state index contributed by atoms with van der Waals surface area (Å²) in [7, 11) is 0. The molecule has 28 heavy (non-hydrogen) atoms. The molecule has 0 aromatic heterocycles. The van der Waals surface area contributed by atoms with Crippen molar-refractivity contribution >= 4 is 23.5 Å². The molecule has 1 fully saturated rings. The number of carbonyl (C=O) groups excluding carboxylic acids is 1. The van der Waals surface area contributed by atoms with E-state index in [1.165, 1.54) is 23.8 Å². The predicted octanol–water partition coefficient (Wildman–Crippen LogP) is 6.28. The van der Waals surface area contributed by atoms with Crippen LogP contribution < -0.4 is 5.32 Å². The molecule has 2 amide bonds. The van der Waals surface area contributed by atoms with Crippen LogP contribution in [0, 0.1) is 0 Å². The number of benzene rings is 2. The fourth-order valence-corrected chi connectivity index (χ4v) is 4.38. The third-order valence-electron chi connectivity index (χ3n) is 4.69. The molecule has 0 spiro atoms. The first kappa shape index (κ1) is 20.6. The Balaban J connectivity index is 1.79. The summed E-state index contributed by atoms with van der Waals surface area (Å²) < 4.78 is 39.5. The number of alkyl halides is 3. The lowest BCUT2D eigenvalue weighted by molar-refractivity contribution is -0.136. The molecule has 2 aromatic carbocycles. The van der Waals surface area contributed by atoms with E-state index in [1.54, 1.807) is 16.7 Å². The van der Waals surface area contributed by atoms with Crippen LogP contribution in [0.4, 0.5) is 23.7 Å². The molecule has 0 bridgehead atoms. The number of para-hydroxylation sites is 1. The molecule has 7 heteroatoms. The first-order valence-corrected chi connectivity index (χ1v) is 10.1. The maximum absolute atomic E-state index is 13.2. The zero-order valence-corrected chi connectivity index (χ0v) is 16.8. The molecule has 1 heterocycles. The van der Waals surface area contributed by atoms with Crippen molar-refractivity contribution in [2.75, 3.05) is 17.6 Å². The van der Waals surface area contributed by atoms with Crippen molar-refractivity contribution in [3.8, 4) is 0 Å². The zero-order valence-electron chi connectivity index (χ0n) is 16.0. The van der Waals surface area contributed by atoms with Gasteiger partial charge in [-0.15, -0.1) is 11.8 Å². The molecular formula is C21H23F3N2OS. The van der Waals surface area contributed by atoms with E-state index in [-0.39, 0.29) is 16.5 Å². The second kappa shape index (κ2) is 7.70. The molecule has 1 N–H and O–H groups in total. The highest BCUT2D eigenvalue weighted by Gasteiger charge is 2.35. The molecule has 150 valence electrons. The lowest BCUT2D eigenvalue weighted by atomic mass is 9.87. The van der Waals surface area contributed by atoms with E-state index in [9.17, 15) is 18.0 Å². The second-order valence-electron chi connectivity index (χ2n) is 7.76. The average Bonchev–Trinajstić information content (AvgIpc) is 3.10. The molecule has 3 rings (SSSR count). The van der Waals surface area contributed by atoms with E-state index in [0.29, 0.717) is 6.54 Å². The van der Waals surface area contributed by atoms with Crippen LogP contribution in [0.25, 0.3) is 0 Å². The standard InChI is InChI=1S/C21H23F3N2OS/c1-20(2,3)15-10-8-14(9-11-15)18-26(12-13-28-18)19(27)25-17-7-5-4-6-16(17)21(22,23)24/h4-11,18H,12-13H2,1-3H3,(H,25,27)/t18-/m0/s1. The van der Waals surface area contributed by atoms with Crippen LogP contribution in [0.5, 0.6) is 0 Å². The summed E-state index contributed by atoms with van der Waals surface area (Å²) in [4.78, 5) is 14.3. The van der Waals surface area contributed by atoms with Crippen molar-refractivity contribution in [2.45, 2.75) is 37.7 Å². The summed E-state index contributed by atoms with van der Waals surface area (Å²) in [5, 5.41) is 2.23. The number of thioether (sulfide) groups is 1. The summed E-state index contributed by atoms with van der Waals surface area (Å²) in [6.07, 6.45) is -4.52. The van der Waals surface area contributed by atoms with Crippen LogP contribution in [0.15, 0.2) is 48.5 Å². The molecule has 1 aliphatic heterocycles. The monoisotopic (exact) mass is 408 g/mol. The molecule has 0 radical (unpaired) electrons. The van der Waals surface area contributed by atoms with Gasteiger partial charge in [-0.1, -0.05) is 57.2 Å². The Hall–Kier alpha value is -2.15. The third-order valence-corrected chi connectivity index (χ3v) is 5.95. The molecule has 1 saturated heterocycles. The molecule has 1 atom stereocenters. The van der Waals surface area contributed by atoms with Gasteiger partial charge in [-0.25, -0.2) is 4.79 Å². The summed E-state index contributed by atoms with van der Waals surface area (Å²) in [6.45, 7) is 6.87. The van der Waals surface area contributed by atoms with E-state index in [0.717, 1.165) is 17.4 Å². The van der Waals surface area contributed by atoms with Gasteiger partial charge in [0.1, 0.15) is 5.37 Å². The number of amides is 2. The maximum atomic E-state index is 13.2. The van der Waals surface area contributed by atoms with Gasteiger partial charge in [0.05, 0.1) is 11.3 Å². The molecular weight excluding hydrogens is 385 g/mol. The van der Waals surface area contributed by atoms with E-state index < -0.39 is 17.8 Å². The number of hydrogen-bond acceptors (Lipinski definition) is 2. The van der Waals surface area contributed by atoms with Crippen LogP contribution in [-0.4, -0.2) is 23.2 Å². The number of nitrogens with one attached hydrogen (secondary N) is 1. The normalized spacial score (nSPS) is 17.6. The van der Waals surface area contributed by atoms with Crippen molar-refractivity contribution in [1.29, 1.82) is 0 Å². The molecule has 0 aliphatic carbocycles. The van der Waals surface area contributed by atoms with Crippen molar-refractivity contribution in [2.24, 2.45) is 0 Å². The second-order valence-corrected chi connectivity index (χ2v) is 8.95. The van der Waals surface area contributed by atoms with E-state index in [4.69, 9.17) is 0 Å². The molecule has 1 aliphatic rings. The van der Waals surface area contributed by atoms with Gasteiger partial charge < -0.3 is 10.2 Å². The molecule has 0 saturated carbocycles. The Kier molecular flexibility index (Phi) is 5.66. The van der Waals surface area contributed by atoms with E-state index in [1.807, 2.05) is 24.3 Å². The van der Waals surface area contributed by atoms with Crippen molar-refractivity contribution in [1.82, 2.24) is 4.90 Å². The Morgan fingerprint density at radius 3 is 2.32 bits per heavy atom. The van der Waals surface area contributed by atoms with E-state index in [2.05, 4.69) is 26.1 Å². The van der Waals surface area contributed by atoms with Crippen LogP contribution in [0.1, 0.15) is 42.8 Å². The summed E-state index contributed by atoms with van der Waals surface area (Å²) in [5.74, 6) is 0.736. The Morgan fingerprint density at radius 2 is 1.71 bits per heavy atom. The summed E-state index contributed by atoms with van der Waals surface area (Å²) >= 11 is 1.61. The number of carbonyl (C=O) groups is 1. The first-order valence-electron chi connectivity index (χ1n) is 9.03. The lowest BCUT2D eigenvalue weighted by Crippen LogP contribution is -2.35. The predicted molar refractivity (Wildman–Crippen MR) is 108 cm³/mol. The van der Waals surface area contributed by atoms with Crippen LogP contribution in [0.3, 0.4) is 0 Å². The minimum absolute atomic E-state index is 0.0275. The van der Waals surface area contributed by atoms with Crippen molar-refractivity contribution < 1.29 is 18.0 Å². The minimum Gasteiger partial charge on any atom is -0.308 e. The van der Waals surface area contributed by atoms with Gasteiger partial charge >= 0.3 is 12.2 Å². The third kappa shape index (κ3) is 4.46. The van der Waals surface area contributed by atoms with Gasteiger partial charge in [0.25, 0.3) is 0 Å². The molecule has 0 unspecified atom stereocenters. The van der Waals surface area contributed by atoms with Crippen LogP contribution in [0.2, 0.25) is 0 Å². The lowest BCUT2D eigenvalue weighted by Gasteiger charge is -2.26. The zero-order chi connectivity index (χ0) is 20.5. The van der Waals surface area contributed by atoms with Gasteiger partial charge in [-0.3, -0.25) is 0 Å². The van der Waals surface area contributed by atoms with Gasteiger partial charge in [0, 0.05) is 12.3 Å². The number of hydrogen-bond donors (Lipinski definition) is 1. The highest BCUT2D eigenvalue weighted by Crippen LogP contribution is 2.40. The Morgan fingerprint density at radius 1 is 1.07 bits per heavy atom. The fourth-order valence-electron chi connectivity index (χ4n) is 3.13. The number of rotatable bonds is 2. The number of urea groups is 1. The SMILES string of the molecule is CC(C)(C)c1ccc([C@@H]2SCCN2C(=O)Nc2ccccc2C(F)(F)F)cc1. The molecule has 3 nitrogen and oxygen atoms in total. The van der Waals surface area contributed by atoms with E-state index >= 15 is 0 Å². The first-order chi connectivity index (χ1) is 13.1. The maximum Gasteiger partial charge on any atom is 0.418 e. The quantitative estimate of drug-likeness (QED) is 0.634. The number of anilines is 1. The van der Waals surface area contributed by atoms with Crippen molar-refractivity contribution in [3.05, 3.63) is 65.2 Å². The summed E-state index contributed by atoms with van der Waals surface area (Å²) in [5.41, 5.74) is 1.11. The largest absolute Gasteiger partial charge is 0.418 e. The highest BCUT2D eigenvalue weighted by molar-refractivity contribution is 7.99. The minimum atomic E-state index is -4.52. The topological polar surface area (TPSA) is 32.3 Å². The Labute approximate surface area is 167 Å².